The summed E-state index contributed by atoms with van der Waals surface area (Å²) in [5.41, 5.74) is 0.361. The third kappa shape index (κ3) is 5.73. The van der Waals surface area contributed by atoms with Crippen molar-refractivity contribution in [2.45, 2.75) is 69.5 Å². The van der Waals surface area contributed by atoms with E-state index in [0.717, 1.165) is 42.6 Å². The zero-order valence-electron chi connectivity index (χ0n) is 21.1. The molecule has 3 fully saturated rings. The Hall–Kier alpha value is -2.36. The number of carbonyl (C=O) groups is 1. The lowest BCUT2D eigenvalue weighted by Crippen LogP contribution is -2.60. The van der Waals surface area contributed by atoms with E-state index in [9.17, 15) is 9.90 Å². The van der Waals surface area contributed by atoms with Crippen molar-refractivity contribution in [3.05, 3.63) is 35.9 Å². The number of aromatic nitrogens is 2. The molecule has 188 valence electrons. The maximum Gasteiger partial charge on any atom is 0.260 e. The molecule has 1 spiro atoms. The van der Waals surface area contributed by atoms with Crippen molar-refractivity contribution in [2.75, 3.05) is 41.3 Å². The topological polar surface area (TPSA) is 93.6 Å². The molecule has 9 heteroatoms. The highest BCUT2D eigenvalue weighted by Crippen LogP contribution is 2.54. The van der Waals surface area contributed by atoms with Gasteiger partial charge in [-0.2, -0.15) is 0 Å². The van der Waals surface area contributed by atoms with Crippen LogP contribution < -0.4 is 19.8 Å². The predicted octanol–water partition coefficient (Wildman–Crippen LogP) is 4.08. The average molecular weight is 497 g/mol. The lowest BCUT2D eigenvalue weighted by atomic mass is 9.93. The number of hydrogen-bond acceptors (Lipinski definition) is 8. The van der Waals surface area contributed by atoms with Gasteiger partial charge in [0.1, 0.15) is 22.5 Å². The smallest absolute Gasteiger partial charge is 0.260 e. The first-order valence-corrected chi connectivity index (χ1v) is 13.3. The number of rotatable bonds is 6. The van der Waals surface area contributed by atoms with Crippen LogP contribution in [-0.2, 0) is 0 Å². The molecule has 2 aromatic rings. The first-order chi connectivity index (χ1) is 16.5. The largest absolute Gasteiger partial charge is 0.386 e. The van der Waals surface area contributed by atoms with Gasteiger partial charge in [-0.1, -0.05) is 6.07 Å². The van der Waals surface area contributed by atoms with E-state index in [0.29, 0.717) is 29.9 Å². The van der Waals surface area contributed by atoms with E-state index in [2.05, 4.69) is 45.6 Å². The van der Waals surface area contributed by atoms with Crippen LogP contribution in [0.4, 0.5) is 17.5 Å². The second-order valence-electron chi connectivity index (χ2n) is 11.6. The highest BCUT2D eigenvalue weighted by molar-refractivity contribution is 7.97. The molecule has 35 heavy (non-hydrogen) atoms. The SMILES string of the molecule is CC1(O)CN(c2ccc(C(=O)Nc3cccc(SNC(C)(C)C)n3)c(N3CCC4(CC3)CC4)n2)C1. The molecule has 0 aromatic carbocycles. The maximum absolute atomic E-state index is 13.4. The summed E-state index contributed by atoms with van der Waals surface area (Å²) in [6, 6.07) is 9.37. The number of β-amino-alcohol motifs (C(OH)–C–C–N with tert-alkyl or cyclic N) is 1. The van der Waals surface area contributed by atoms with Crippen LogP contribution in [0.15, 0.2) is 35.4 Å². The minimum atomic E-state index is -0.683. The number of piperidine rings is 1. The summed E-state index contributed by atoms with van der Waals surface area (Å²) >= 11 is 1.45. The van der Waals surface area contributed by atoms with Crippen LogP contribution in [0.2, 0.25) is 0 Å². The van der Waals surface area contributed by atoms with Gasteiger partial charge in [0.05, 0.1) is 11.2 Å². The summed E-state index contributed by atoms with van der Waals surface area (Å²) < 4.78 is 3.35. The number of amides is 1. The van der Waals surface area contributed by atoms with E-state index in [4.69, 9.17) is 4.98 Å². The summed E-state index contributed by atoms with van der Waals surface area (Å²) in [5.74, 6) is 1.83. The molecule has 3 N–H and O–H groups in total. The van der Waals surface area contributed by atoms with E-state index in [1.165, 1.54) is 24.8 Å². The Morgan fingerprint density at radius 2 is 1.74 bits per heavy atom. The molecule has 2 aliphatic heterocycles. The number of nitrogens with one attached hydrogen (secondary N) is 2. The summed E-state index contributed by atoms with van der Waals surface area (Å²) in [6.45, 7) is 11.0. The van der Waals surface area contributed by atoms with Crippen LogP contribution in [0.1, 0.15) is 63.7 Å². The van der Waals surface area contributed by atoms with Crippen molar-refractivity contribution in [1.29, 1.82) is 0 Å². The van der Waals surface area contributed by atoms with Crippen LogP contribution in [0.25, 0.3) is 0 Å². The standard InChI is InChI=1S/C26H36N6O2S/c1-24(2,3)30-35-21-7-5-6-19(27-21)28-23(33)18-8-9-20(32-16-25(4,34)17-32)29-22(18)31-14-12-26(10-11-26)13-15-31/h5-9,30,34H,10-17H2,1-4H3,(H,27,28,33). The number of pyridine rings is 2. The molecular formula is C26H36N6O2S. The molecule has 0 unspecified atom stereocenters. The normalized spacial score (nSPS) is 20.5. The Morgan fingerprint density at radius 3 is 2.37 bits per heavy atom. The van der Waals surface area contributed by atoms with Crippen molar-refractivity contribution in [2.24, 2.45) is 5.41 Å². The van der Waals surface area contributed by atoms with Gasteiger partial charge in [0.15, 0.2) is 0 Å². The molecule has 2 saturated heterocycles. The second kappa shape index (κ2) is 8.94. The molecule has 2 aromatic heterocycles. The van der Waals surface area contributed by atoms with Gasteiger partial charge < -0.3 is 20.2 Å². The van der Waals surface area contributed by atoms with E-state index in [1.807, 2.05) is 31.2 Å². The van der Waals surface area contributed by atoms with Crippen LogP contribution in [-0.4, -0.2) is 58.3 Å². The lowest BCUT2D eigenvalue weighted by Gasteiger charge is -2.45. The molecule has 3 aliphatic rings. The summed E-state index contributed by atoms with van der Waals surface area (Å²) in [4.78, 5) is 27.3. The Bertz CT molecular complexity index is 1090. The highest BCUT2D eigenvalue weighted by atomic mass is 32.2. The lowest BCUT2D eigenvalue weighted by molar-refractivity contribution is 0.0305. The minimum absolute atomic E-state index is 0.0503. The van der Waals surface area contributed by atoms with Crippen LogP contribution in [0.3, 0.4) is 0 Å². The van der Waals surface area contributed by atoms with Gasteiger partial charge in [0.25, 0.3) is 5.91 Å². The molecule has 8 nitrogen and oxygen atoms in total. The second-order valence-corrected chi connectivity index (χ2v) is 12.5. The monoisotopic (exact) mass is 496 g/mol. The molecule has 5 rings (SSSR count). The number of carbonyl (C=O) groups excluding carboxylic acids is 1. The molecule has 1 aliphatic carbocycles. The average Bonchev–Trinajstić information content (AvgIpc) is 3.54. The summed E-state index contributed by atoms with van der Waals surface area (Å²) in [5, 5.41) is 14.0. The van der Waals surface area contributed by atoms with Crippen LogP contribution >= 0.6 is 11.9 Å². The minimum Gasteiger partial charge on any atom is -0.386 e. The van der Waals surface area contributed by atoms with Gasteiger partial charge in [0.2, 0.25) is 0 Å². The van der Waals surface area contributed by atoms with Crippen molar-refractivity contribution < 1.29 is 9.90 Å². The van der Waals surface area contributed by atoms with Crippen LogP contribution in [0.5, 0.6) is 0 Å². The first-order valence-electron chi connectivity index (χ1n) is 12.5. The quantitative estimate of drug-likeness (QED) is 0.515. The van der Waals surface area contributed by atoms with Gasteiger partial charge >= 0.3 is 0 Å². The van der Waals surface area contributed by atoms with Gasteiger partial charge in [-0.25, -0.2) is 9.97 Å². The zero-order valence-corrected chi connectivity index (χ0v) is 21.9. The fourth-order valence-corrected chi connectivity index (χ4v) is 5.47. The van der Waals surface area contributed by atoms with Gasteiger partial charge in [0, 0.05) is 31.7 Å². The van der Waals surface area contributed by atoms with E-state index >= 15 is 0 Å². The van der Waals surface area contributed by atoms with Crippen LogP contribution in [0, 0.1) is 5.41 Å². The predicted molar refractivity (Wildman–Crippen MR) is 141 cm³/mol. The number of aliphatic hydroxyl groups is 1. The first kappa shape index (κ1) is 24.3. The Kier molecular flexibility index (Phi) is 6.22. The molecule has 0 bridgehead atoms. The third-order valence-corrected chi connectivity index (χ3v) is 8.15. The Labute approximate surface area is 212 Å². The Morgan fingerprint density at radius 1 is 1.03 bits per heavy atom. The highest BCUT2D eigenvalue weighted by Gasteiger charge is 2.45. The van der Waals surface area contributed by atoms with Gasteiger partial charge in [-0.15, -0.1) is 0 Å². The zero-order chi connectivity index (χ0) is 24.8. The van der Waals surface area contributed by atoms with E-state index < -0.39 is 5.60 Å². The van der Waals surface area contributed by atoms with Crippen molar-refractivity contribution in [3.8, 4) is 0 Å². The summed E-state index contributed by atoms with van der Waals surface area (Å²) in [7, 11) is 0. The van der Waals surface area contributed by atoms with Crippen molar-refractivity contribution >= 4 is 35.3 Å². The number of hydrogen-bond donors (Lipinski definition) is 3. The van der Waals surface area contributed by atoms with Gasteiger partial charge in [-0.3, -0.25) is 9.52 Å². The fourth-order valence-electron chi connectivity index (χ4n) is 4.77. The molecule has 1 amide bonds. The Balaban J connectivity index is 1.35. The molecule has 1 saturated carbocycles. The fraction of sp³-hybridized carbons (Fsp3) is 0.577. The van der Waals surface area contributed by atoms with Crippen molar-refractivity contribution in [3.63, 3.8) is 0 Å². The number of anilines is 3. The van der Waals surface area contributed by atoms with Crippen molar-refractivity contribution in [1.82, 2.24) is 14.7 Å². The molecule has 0 atom stereocenters. The number of nitrogens with zero attached hydrogens (tertiary/aromatic N) is 4. The molecular weight excluding hydrogens is 460 g/mol. The van der Waals surface area contributed by atoms with Gasteiger partial charge in [-0.05, 0) is 95.0 Å². The summed E-state index contributed by atoms with van der Waals surface area (Å²) in [6.07, 6.45) is 4.96. The maximum atomic E-state index is 13.4. The molecule has 0 radical (unpaired) electrons. The van der Waals surface area contributed by atoms with E-state index in [1.54, 1.807) is 6.07 Å². The van der Waals surface area contributed by atoms with E-state index in [-0.39, 0.29) is 11.4 Å². The molecule has 4 heterocycles. The third-order valence-electron chi connectivity index (χ3n) is 7.00.